The lowest BCUT2D eigenvalue weighted by Gasteiger charge is -2.34. The molecule has 0 fully saturated rings. The number of carboxylic acid groups (broad SMARTS) is 1. The summed E-state index contributed by atoms with van der Waals surface area (Å²) in [5.41, 5.74) is 7.01. The van der Waals surface area contributed by atoms with Gasteiger partial charge in [-0.25, -0.2) is 9.97 Å². The molecule has 2 aromatic rings. The smallest absolute Gasteiger partial charge is 0.271 e. The third-order valence-corrected chi connectivity index (χ3v) is 7.58. The van der Waals surface area contributed by atoms with Gasteiger partial charge in [0.1, 0.15) is 17.7 Å². The fourth-order valence-electron chi connectivity index (χ4n) is 2.65. The van der Waals surface area contributed by atoms with Gasteiger partial charge in [0.05, 0.1) is 37.3 Å². The zero-order valence-corrected chi connectivity index (χ0v) is 19.4. The van der Waals surface area contributed by atoms with Crippen LogP contribution in [0.2, 0.25) is 0 Å². The van der Waals surface area contributed by atoms with Crippen molar-refractivity contribution in [1.82, 2.24) is 9.97 Å². The van der Waals surface area contributed by atoms with Crippen LogP contribution >= 0.6 is 27.0 Å². The minimum absolute atomic E-state index is 0.0601. The van der Waals surface area contributed by atoms with Crippen molar-refractivity contribution in [3.8, 4) is 0 Å². The summed E-state index contributed by atoms with van der Waals surface area (Å²) in [7, 11) is -11.2. The lowest BCUT2D eigenvalue weighted by atomic mass is 10.2. The van der Waals surface area contributed by atoms with Gasteiger partial charge in [-0.05, 0) is 6.92 Å². The lowest BCUT2D eigenvalue weighted by Crippen LogP contribution is -2.44. The Balaban J connectivity index is 2.27. The van der Waals surface area contributed by atoms with Crippen molar-refractivity contribution < 1.29 is 52.2 Å². The monoisotopic (exact) mass is 509 g/mol. The number of hydrogen-bond acceptors (Lipinski definition) is 14. The number of anilines is 1. The number of aryl methyl sites for hydroxylation is 1. The van der Waals surface area contributed by atoms with Gasteiger partial charge < -0.3 is 44.5 Å². The number of rotatable bonds is 11. The van der Waals surface area contributed by atoms with E-state index in [1.54, 1.807) is 18.4 Å². The SMILES string of the molecule is Cc1ncc(C[n+]2c(CC(O)C(=O)[O-])sc(CCOP(=O)([O-])OP(=O)([O-])[O-])c2C)c(N)n1. The van der Waals surface area contributed by atoms with Crippen molar-refractivity contribution in [2.45, 2.75) is 39.3 Å². The van der Waals surface area contributed by atoms with Crippen LogP contribution < -0.4 is 30.1 Å². The van der Waals surface area contributed by atoms with E-state index in [-0.39, 0.29) is 25.2 Å². The fraction of sp³-hybridized carbons (Fsp3) is 0.467. The van der Waals surface area contributed by atoms with Crippen LogP contribution in [0.3, 0.4) is 0 Å². The molecule has 0 spiro atoms. The van der Waals surface area contributed by atoms with Crippen molar-refractivity contribution in [2.75, 3.05) is 12.3 Å². The molecule has 0 amide bonds. The highest BCUT2D eigenvalue weighted by molar-refractivity contribution is 7.58. The minimum atomic E-state index is -5.80. The molecule has 2 aromatic heterocycles. The summed E-state index contributed by atoms with van der Waals surface area (Å²) < 4.78 is 31.3. The number of carbonyl (C=O) groups is 1. The van der Waals surface area contributed by atoms with E-state index >= 15 is 0 Å². The molecular weight excluding hydrogens is 490 g/mol. The lowest BCUT2D eigenvalue weighted by molar-refractivity contribution is -0.696. The van der Waals surface area contributed by atoms with E-state index < -0.39 is 34.3 Å². The first-order chi connectivity index (χ1) is 14.7. The molecule has 0 saturated heterocycles. The Labute approximate surface area is 186 Å². The van der Waals surface area contributed by atoms with Gasteiger partial charge in [-0.3, -0.25) is 8.88 Å². The number of nitrogen functional groups attached to an aromatic ring is 1. The van der Waals surface area contributed by atoms with Crippen LogP contribution in [0.25, 0.3) is 0 Å². The quantitative estimate of drug-likeness (QED) is 0.222. The average Bonchev–Trinajstić information content (AvgIpc) is 2.90. The molecule has 2 heterocycles. The predicted molar refractivity (Wildman–Crippen MR) is 100 cm³/mol. The summed E-state index contributed by atoms with van der Waals surface area (Å²) in [6, 6.07) is 0. The second-order valence-corrected chi connectivity index (χ2v) is 10.4. The first kappa shape index (κ1) is 26.5. The number of phosphoric acid groups is 2. The summed E-state index contributed by atoms with van der Waals surface area (Å²) in [6.45, 7) is 2.88. The molecule has 0 radical (unpaired) electrons. The van der Waals surface area contributed by atoms with E-state index in [2.05, 4.69) is 18.8 Å². The Kier molecular flexibility index (Phi) is 8.62. The molecule has 178 valence electrons. The van der Waals surface area contributed by atoms with Crippen molar-refractivity contribution >= 4 is 38.8 Å². The number of phosphoric ester groups is 1. The molecule has 0 aliphatic heterocycles. The molecule has 3 N–H and O–H groups in total. The molecule has 0 aliphatic carbocycles. The van der Waals surface area contributed by atoms with Gasteiger partial charge in [0.2, 0.25) is 5.01 Å². The molecule has 2 rings (SSSR count). The van der Waals surface area contributed by atoms with Crippen LogP contribution in [0.4, 0.5) is 5.82 Å². The van der Waals surface area contributed by atoms with Crippen molar-refractivity contribution in [3.05, 3.63) is 33.2 Å². The number of aliphatic carboxylic acids is 1. The molecule has 0 bridgehead atoms. The summed E-state index contributed by atoms with van der Waals surface area (Å²) in [5.74, 6) is -1.01. The Hall–Kier alpha value is -1.80. The number of aliphatic hydroxyl groups is 1. The Morgan fingerprint density at radius 1 is 1.34 bits per heavy atom. The summed E-state index contributed by atoms with van der Waals surface area (Å²) in [5, 5.41) is 21.1. The highest BCUT2D eigenvalue weighted by atomic mass is 32.1. The Morgan fingerprint density at radius 3 is 2.56 bits per heavy atom. The van der Waals surface area contributed by atoms with Gasteiger partial charge in [0.15, 0.2) is 12.2 Å². The first-order valence-electron chi connectivity index (χ1n) is 8.85. The van der Waals surface area contributed by atoms with Crippen LogP contribution in [-0.4, -0.2) is 33.8 Å². The topological polar surface area (TPSA) is 238 Å². The van der Waals surface area contributed by atoms with Crippen molar-refractivity contribution in [2.24, 2.45) is 0 Å². The van der Waals surface area contributed by atoms with Crippen LogP contribution in [0.5, 0.6) is 0 Å². The number of hydrogen-bond donors (Lipinski definition) is 2. The highest BCUT2D eigenvalue weighted by Crippen LogP contribution is 2.50. The molecule has 2 atom stereocenters. The number of nitrogens with zero attached hydrogens (tertiary/aromatic N) is 3. The highest BCUT2D eigenvalue weighted by Gasteiger charge is 2.27. The van der Waals surface area contributed by atoms with E-state index in [0.29, 0.717) is 27.0 Å². The normalized spacial score (nSPS) is 14.8. The number of nitrogens with two attached hydrogens (primary N) is 1. The minimum Gasteiger partial charge on any atom is -0.790 e. The standard InChI is InChI=1S/C15H22N4O10P2S/c1-8-12(3-4-28-31(26,27)29-30(23,24)25)32-13(5-11(20)15(21)22)19(8)7-10-6-17-9(2)18-14(10)16/h6,11,20H,3-5,7H2,1-2H3,(H5-,16,17,18,21,22,23,24,25,26,27)/p-3. The molecular formula is C15H19N4O10P2S-3. The second kappa shape index (κ2) is 10.4. The maximum Gasteiger partial charge on any atom is 0.271 e. The third kappa shape index (κ3) is 7.66. The van der Waals surface area contributed by atoms with Gasteiger partial charge in [0.25, 0.3) is 7.82 Å². The zero-order valence-electron chi connectivity index (χ0n) is 16.8. The first-order valence-corrected chi connectivity index (χ1v) is 12.6. The van der Waals surface area contributed by atoms with E-state index in [9.17, 15) is 38.8 Å². The van der Waals surface area contributed by atoms with Crippen LogP contribution in [0, 0.1) is 13.8 Å². The number of carbonyl (C=O) groups excluding carboxylic acids is 1. The summed E-state index contributed by atoms with van der Waals surface area (Å²) >= 11 is 1.06. The number of aliphatic hydroxyl groups excluding tert-OH is 1. The van der Waals surface area contributed by atoms with E-state index in [4.69, 9.17) is 5.73 Å². The van der Waals surface area contributed by atoms with Crippen LogP contribution in [0.15, 0.2) is 6.20 Å². The van der Waals surface area contributed by atoms with Gasteiger partial charge >= 0.3 is 0 Å². The fourth-order valence-corrected chi connectivity index (χ4v) is 5.41. The molecule has 32 heavy (non-hydrogen) atoms. The Bertz CT molecular complexity index is 1090. The molecule has 0 aliphatic rings. The van der Waals surface area contributed by atoms with Gasteiger partial charge in [-0.2, -0.15) is 4.57 Å². The zero-order chi connectivity index (χ0) is 24.3. The maximum atomic E-state index is 11.4. The van der Waals surface area contributed by atoms with Crippen LogP contribution in [-0.2, 0) is 42.1 Å². The molecule has 2 unspecified atom stereocenters. The van der Waals surface area contributed by atoms with Crippen LogP contribution in [0.1, 0.15) is 27.0 Å². The predicted octanol–water partition coefficient (Wildman–Crippen LogP) is -3.40. The van der Waals surface area contributed by atoms with Crippen molar-refractivity contribution in [1.29, 1.82) is 0 Å². The van der Waals surface area contributed by atoms with E-state index in [1.807, 2.05) is 0 Å². The van der Waals surface area contributed by atoms with Gasteiger partial charge in [0, 0.05) is 19.5 Å². The van der Waals surface area contributed by atoms with E-state index in [0.717, 1.165) is 11.3 Å². The van der Waals surface area contributed by atoms with Gasteiger partial charge in [-0.15, -0.1) is 0 Å². The average molecular weight is 509 g/mol. The molecule has 0 saturated carbocycles. The summed E-state index contributed by atoms with van der Waals surface area (Å²) in [6.07, 6.45) is -0.665. The second-order valence-electron chi connectivity index (χ2n) is 6.52. The Morgan fingerprint density at radius 2 is 2.00 bits per heavy atom. The largest absolute Gasteiger partial charge is 0.790 e. The number of carboxylic acids is 1. The molecule has 17 heteroatoms. The number of thiazole rings is 1. The third-order valence-electron chi connectivity index (χ3n) is 4.12. The molecule has 14 nitrogen and oxygen atoms in total. The number of aromatic nitrogens is 3. The maximum absolute atomic E-state index is 11.4. The molecule has 0 aromatic carbocycles. The van der Waals surface area contributed by atoms with Gasteiger partial charge in [-0.1, -0.05) is 11.3 Å². The van der Waals surface area contributed by atoms with E-state index in [1.165, 1.54) is 6.20 Å². The van der Waals surface area contributed by atoms with Crippen molar-refractivity contribution in [3.63, 3.8) is 0 Å². The summed E-state index contributed by atoms with van der Waals surface area (Å²) in [4.78, 5) is 52.0.